The van der Waals surface area contributed by atoms with Gasteiger partial charge in [-0.25, -0.2) is 19.7 Å². The number of aromatic nitrogens is 7. The number of nitrogens with one attached hydrogen (secondary N) is 3. The van der Waals surface area contributed by atoms with Gasteiger partial charge in [0.15, 0.2) is 34.6 Å². The molecule has 11 rings (SSSR count). The van der Waals surface area contributed by atoms with Gasteiger partial charge in [0.2, 0.25) is 0 Å². The molecule has 4 amide bonds. The van der Waals surface area contributed by atoms with E-state index in [1.807, 2.05) is 17.7 Å². The Hall–Kier alpha value is -8.16. The van der Waals surface area contributed by atoms with Crippen molar-refractivity contribution < 1.29 is 39.2 Å². The van der Waals surface area contributed by atoms with Gasteiger partial charge in [-0.2, -0.15) is 0 Å². The summed E-state index contributed by atoms with van der Waals surface area (Å²) in [6.07, 6.45) is 5.58. The minimum atomic E-state index is -0.727. The van der Waals surface area contributed by atoms with E-state index in [1.165, 1.54) is 30.3 Å². The van der Waals surface area contributed by atoms with Crippen LogP contribution >= 0.6 is 0 Å². The maximum atomic E-state index is 14.8. The summed E-state index contributed by atoms with van der Waals surface area (Å²) in [5.74, 6) is -0.815. The highest BCUT2D eigenvalue weighted by molar-refractivity contribution is 6.16. The number of urea groups is 1. The van der Waals surface area contributed by atoms with Crippen LogP contribution in [0.3, 0.4) is 0 Å². The third kappa shape index (κ3) is 4.87. The molecule has 0 fully saturated rings. The van der Waals surface area contributed by atoms with Crippen LogP contribution in [0.15, 0.2) is 37.1 Å². The van der Waals surface area contributed by atoms with Gasteiger partial charge in [0, 0.05) is 60.5 Å². The number of aromatic hydroxyl groups is 3. The summed E-state index contributed by atoms with van der Waals surface area (Å²) in [5, 5.41) is 36.1. The van der Waals surface area contributed by atoms with E-state index in [4.69, 9.17) is 20.9 Å². The van der Waals surface area contributed by atoms with Crippen molar-refractivity contribution in [1.82, 2.24) is 34.5 Å². The fourth-order valence-corrected chi connectivity index (χ4v) is 9.97. The zero-order valence-corrected chi connectivity index (χ0v) is 33.5. The Balaban J connectivity index is 0.978. The molecule has 0 aliphatic carbocycles. The van der Waals surface area contributed by atoms with E-state index >= 15 is 0 Å². The molecule has 1 atom stereocenters. The lowest BCUT2D eigenvalue weighted by atomic mass is 9.95. The molecule has 20 heteroatoms. The maximum Gasteiger partial charge on any atom is 0.319 e. The van der Waals surface area contributed by atoms with E-state index in [9.17, 15) is 29.7 Å². The lowest BCUT2D eigenvalue weighted by Crippen LogP contribution is -2.34. The zero-order valence-electron chi connectivity index (χ0n) is 33.5. The van der Waals surface area contributed by atoms with Crippen molar-refractivity contribution in [2.45, 2.75) is 32.2 Å². The molecule has 10 N–H and O–H groups in total. The van der Waals surface area contributed by atoms with Gasteiger partial charge in [-0.15, -0.1) is 0 Å². The molecule has 0 radical (unpaired) electrons. The van der Waals surface area contributed by atoms with Crippen molar-refractivity contribution >= 4 is 73.4 Å². The number of amides is 4. The number of nitrogens with two attached hydrogens (primary N) is 2. The van der Waals surface area contributed by atoms with Gasteiger partial charge in [-0.1, -0.05) is 0 Å². The highest BCUT2D eigenvalue weighted by atomic mass is 16.5. The molecule has 0 spiro atoms. The second-order valence-corrected chi connectivity index (χ2v) is 15.8. The topological polar surface area (TPSA) is 283 Å². The minimum Gasteiger partial charge on any atom is -0.506 e. The summed E-state index contributed by atoms with van der Waals surface area (Å²) in [5.41, 5.74) is 17.8. The van der Waals surface area contributed by atoms with Crippen LogP contribution in [0.25, 0.3) is 44.2 Å². The molecule has 8 heterocycles. The first-order valence-electron chi connectivity index (χ1n) is 19.7. The monoisotopic (exact) mass is 838 g/mol. The first kappa shape index (κ1) is 36.9. The number of nitrogen functional groups attached to an aromatic ring is 1. The molecule has 0 unspecified atom stereocenters. The van der Waals surface area contributed by atoms with Crippen molar-refractivity contribution in [2.24, 2.45) is 5.73 Å². The molecule has 0 saturated carbocycles. The number of methoxy groups -OCH3 is 2. The lowest BCUT2D eigenvalue weighted by Gasteiger charge is -2.19. The number of carbonyl (C=O) groups excluding carboxylic acids is 3. The Morgan fingerprint density at radius 2 is 1.45 bits per heavy atom. The molecule has 0 bridgehead atoms. The fourth-order valence-electron chi connectivity index (χ4n) is 9.97. The molecule has 0 saturated heterocycles. The number of nitrogens with zero attached hydrogens (tertiary/aromatic N) is 7. The summed E-state index contributed by atoms with van der Waals surface area (Å²) in [6.45, 7) is 2.98. The predicted octanol–water partition coefficient (Wildman–Crippen LogP) is 4.33. The molecule has 62 heavy (non-hydrogen) atoms. The highest BCUT2D eigenvalue weighted by Crippen LogP contribution is 2.52. The Morgan fingerprint density at radius 3 is 2.08 bits per heavy atom. The first-order chi connectivity index (χ1) is 29.9. The number of phenolic OH excluding ortho intramolecular Hbond substituents is 3. The van der Waals surface area contributed by atoms with Gasteiger partial charge in [-0.05, 0) is 54.2 Å². The Bertz CT molecular complexity index is 3250. The molecular formula is C42H38N12O8. The number of imidazole rings is 1. The molecule has 6 aromatic rings. The number of rotatable bonds is 6. The number of fused-ring (bicyclic) bond motifs is 10. The van der Waals surface area contributed by atoms with E-state index in [0.29, 0.717) is 75.0 Å². The summed E-state index contributed by atoms with van der Waals surface area (Å²) in [6, 6.07) is 4.20. The zero-order chi connectivity index (χ0) is 43.0. The number of anilines is 4. The Morgan fingerprint density at radius 1 is 0.839 bits per heavy atom. The number of H-pyrrole nitrogens is 3. The second-order valence-electron chi connectivity index (χ2n) is 15.8. The number of phenols is 3. The minimum absolute atomic E-state index is 0.00978. The molecule has 3 aromatic heterocycles. The largest absolute Gasteiger partial charge is 0.506 e. The third-order valence-electron chi connectivity index (χ3n) is 12.6. The summed E-state index contributed by atoms with van der Waals surface area (Å²) < 4.78 is 13.1. The van der Waals surface area contributed by atoms with Crippen LogP contribution in [0, 0.1) is 6.92 Å². The SMILES string of the molecule is COc1c(O)c2c(c3cc(C(=O)N4CCc5c4c(O)c(OC)c4[nH]c(C(=O)N6C[C@@H](Cn7cnc(N)c8ncnc7-8)c7c6cc(O)c6[nH]cc(C)c76)cc54)[nH]c13)CCN2C(N)=O. The van der Waals surface area contributed by atoms with Crippen LogP contribution in [0.4, 0.5) is 27.7 Å². The smallest absolute Gasteiger partial charge is 0.319 e. The Labute approximate surface area is 349 Å². The predicted molar refractivity (Wildman–Crippen MR) is 227 cm³/mol. The van der Waals surface area contributed by atoms with Crippen LogP contribution in [0.1, 0.15) is 49.1 Å². The number of carbonyl (C=O) groups is 3. The van der Waals surface area contributed by atoms with Crippen LogP contribution < -0.4 is 35.6 Å². The van der Waals surface area contributed by atoms with E-state index in [1.54, 1.807) is 29.4 Å². The third-order valence-corrected chi connectivity index (χ3v) is 12.6. The number of hydrogen-bond acceptors (Lipinski definition) is 12. The van der Waals surface area contributed by atoms with Crippen LogP contribution in [0.2, 0.25) is 0 Å². The Kier molecular flexibility index (Phi) is 7.69. The molecule has 20 nitrogen and oxygen atoms in total. The quantitative estimate of drug-likeness (QED) is 0.116. The van der Waals surface area contributed by atoms with E-state index in [-0.39, 0.29) is 82.9 Å². The van der Waals surface area contributed by atoms with Crippen molar-refractivity contribution in [3.63, 3.8) is 0 Å². The standard InChI is InChI=1S/C42H38N12O8/c1-16-11-45-30-25(55)10-24-27(26(16)30)17(12-51-15-48-38(43)31-39(51)47-14-46-31)13-54(24)41(59)23-9-20-18-4-6-52(32(18)34(56)36(61-2)28(20)50-23)40(58)22-8-21-19-5-7-53(42(44)60)33(19)35(57)37(62-3)29(21)49-22/h8-11,14-15,17,45,49-50,55-57H,4-7,12-13,43H2,1-3H3,(H2,44,60)/t17-/m1/s1. The molecule has 5 aliphatic rings. The molecule has 5 aliphatic heterocycles. The number of primary amides is 1. The molecule has 3 aromatic carbocycles. The van der Waals surface area contributed by atoms with E-state index < -0.39 is 17.8 Å². The number of hydrogen-bond donors (Lipinski definition) is 8. The van der Waals surface area contributed by atoms with E-state index in [2.05, 4.69) is 29.9 Å². The highest BCUT2D eigenvalue weighted by Gasteiger charge is 2.40. The summed E-state index contributed by atoms with van der Waals surface area (Å²) in [7, 11) is 2.76. The van der Waals surface area contributed by atoms with E-state index in [0.717, 1.165) is 16.5 Å². The van der Waals surface area contributed by atoms with Crippen LogP contribution in [-0.4, -0.2) is 101 Å². The molecular weight excluding hydrogens is 801 g/mol. The lowest BCUT2D eigenvalue weighted by molar-refractivity contribution is 0.0977. The van der Waals surface area contributed by atoms with Gasteiger partial charge >= 0.3 is 6.03 Å². The summed E-state index contributed by atoms with van der Waals surface area (Å²) >= 11 is 0. The van der Waals surface area contributed by atoms with Crippen molar-refractivity contribution in [3.05, 3.63) is 70.7 Å². The average Bonchev–Trinajstić information content (AvgIpc) is 4.11. The van der Waals surface area contributed by atoms with Crippen molar-refractivity contribution in [2.75, 3.05) is 54.3 Å². The van der Waals surface area contributed by atoms with Crippen LogP contribution in [-0.2, 0) is 19.4 Å². The second kappa shape index (κ2) is 12.9. The van der Waals surface area contributed by atoms with Gasteiger partial charge < -0.3 is 65.6 Å². The summed E-state index contributed by atoms with van der Waals surface area (Å²) in [4.78, 5) is 68.3. The maximum absolute atomic E-state index is 14.8. The average molecular weight is 839 g/mol. The van der Waals surface area contributed by atoms with Gasteiger partial charge in [-0.3, -0.25) is 14.5 Å². The van der Waals surface area contributed by atoms with Crippen molar-refractivity contribution in [3.8, 4) is 40.3 Å². The van der Waals surface area contributed by atoms with Gasteiger partial charge in [0.05, 0.1) is 54.2 Å². The number of aryl methyl sites for hydroxylation is 1. The number of aromatic amines is 3. The number of benzene rings is 3. The van der Waals surface area contributed by atoms with Gasteiger partial charge in [0.25, 0.3) is 11.8 Å². The van der Waals surface area contributed by atoms with Gasteiger partial charge in [0.1, 0.15) is 29.2 Å². The fraction of sp³-hybridized carbons (Fsp3) is 0.238. The van der Waals surface area contributed by atoms with Crippen molar-refractivity contribution in [1.29, 1.82) is 0 Å². The number of ether oxygens (including phenoxy) is 2. The molecule has 314 valence electrons. The first-order valence-corrected chi connectivity index (χ1v) is 19.7. The normalized spacial score (nSPS) is 15.7. The van der Waals surface area contributed by atoms with Crippen LogP contribution in [0.5, 0.6) is 28.7 Å².